The molecule has 2 aliphatic rings. The lowest BCUT2D eigenvalue weighted by Crippen LogP contribution is -2.33. The lowest BCUT2D eigenvalue weighted by molar-refractivity contribution is -0.139. The summed E-state index contributed by atoms with van der Waals surface area (Å²) in [6.07, 6.45) is 3.53. The average Bonchev–Trinajstić information content (AvgIpc) is 3.18. The van der Waals surface area contributed by atoms with Crippen LogP contribution in [0.1, 0.15) is 52.7 Å². The fraction of sp³-hybridized carbons (Fsp3) is 0.394. The molecule has 41 heavy (non-hydrogen) atoms. The van der Waals surface area contributed by atoms with E-state index in [0.29, 0.717) is 37.8 Å². The Labute approximate surface area is 240 Å². The predicted octanol–water partition coefficient (Wildman–Crippen LogP) is 5.56. The summed E-state index contributed by atoms with van der Waals surface area (Å²) < 4.78 is 24.6. The van der Waals surface area contributed by atoms with Crippen LogP contribution in [0.5, 0.6) is 11.5 Å². The molecule has 216 valence electrons. The normalized spacial score (nSPS) is 16.4. The van der Waals surface area contributed by atoms with Crippen LogP contribution >= 0.6 is 0 Å². The first kappa shape index (κ1) is 28.8. The molecule has 2 aliphatic heterocycles. The standard InChI is InChI=1S/C33H37FN2O5/c34-29-8-4-25(5-9-29)20-36-16-17-40-32-11-7-27(19-28(32)22-36)31(37)10-6-24-12-14-35(15-13-24)21-26-2-1-3-30(18-26)41-23-33(38)39/h1-5,7-9,11,18-19,24H,6,10,12-17,20-23H2,(H,38,39). The highest BCUT2D eigenvalue weighted by atomic mass is 19.1. The predicted molar refractivity (Wildman–Crippen MR) is 154 cm³/mol. The highest BCUT2D eigenvalue weighted by molar-refractivity contribution is 5.96. The summed E-state index contributed by atoms with van der Waals surface area (Å²) in [7, 11) is 0. The molecule has 8 heteroatoms. The van der Waals surface area contributed by atoms with Gasteiger partial charge in [0.2, 0.25) is 0 Å². The van der Waals surface area contributed by atoms with Gasteiger partial charge in [-0.3, -0.25) is 14.6 Å². The zero-order chi connectivity index (χ0) is 28.6. The molecular weight excluding hydrogens is 523 g/mol. The molecule has 0 radical (unpaired) electrons. The van der Waals surface area contributed by atoms with Crippen molar-refractivity contribution in [1.29, 1.82) is 0 Å². The lowest BCUT2D eigenvalue weighted by Gasteiger charge is -2.32. The summed E-state index contributed by atoms with van der Waals surface area (Å²) in [5.41, 5.74) is 3.90. The van der Waals surface area contributed by atoms with Crippen molar-refractivity contribution in [1.82, 2.24) is 9.80 Å². The van der Waals surface area contributed by atoms with Crippen LogP contribution in [0.3, 0.4) is 0 Å². The van der Waals surface area contributed by atoms with Gasteiger partial charge in [-0.2, -0.15) is 0 Å². The van der Waals surface area contributed by atoms with Gasteiger partial charge in [0.1, 0.15) is 23.9 Å². The summed E-state index contributed by atoms with van der Waals surface area (Å²) in [6.45, 7) is 5.11. The van der Waals surface area contributed by atoms with Crippen LogP contribution < -0.4 is 9.47 Å². The van der Waals surface area contributed by atoms with Gasteiger partial charge in [0.25, 0.3) is 0 Å². The van der Waals surface area contributed by atoms with E-state index in [-0.39, 0.29) is 18.2 Å². The number of carboxylic acid groups (broad SMARTS) is 1. The van der Waals surface area contributed by atoms with E-state index >= 15 is 0 Å². The summed E-state index contributed by atoms with van der Waals surface area (Å²) in [5, 5.41) is 8.82. The van der Waals surface area contributed by atoms with E-state index in [0.717, 1.165) is 73.4 Å². The molecule has 5 rings (SSSR count). The van der Waals surface area contributed by atoms with Crippen LogP contribution in [0, 0.1) is 11.7 Å². The van der Waals surface area contributed by atoms with E-state index in [4.69, 9.17) is 14.6 Å². The number of rotatable bonds is 11. The van der Waals surface area contributed by atoms with Gasteiger partial charge in [-0.1, -0.05) is 24.3 Å². The van der Waals surface area contributed by atoms with Crippen LogP contribution in [0.2, 0.25) is 0 Å². The van der Waals surface area contributed by atoms with E-state index in [1.54, 1.807) is 6.07 Å². The first-order chi connectivity index (χ1) is 19.9. The first-order valence-electron chi connectivity index (χ1n) is 14.3. The summed E-state index contributed by atoms with van der Waals surface area (Å²) in [5.74, 6) is 0.869. The van der Waals surface area contributed by atoms with Crippen molar-refractivity contribution in [2.75, 3.05) is 32.8 Å². The number of ether oxygens (including phenoxy) is 2. The van der Waals surface area contributed by atoms with Crippen molar-refractivity contribution in [3.05, 3.63) is 94.8 Å². The minimum atomic E-state index is -0.989. The second kappa shape index (κ2) is 13.7. The van der Waals surface area contributed by atoms with Gasteiger partial charge >= 0.3 is 5.97 Å². The number of hydrogen-bond donors (Lipinski definition) is 1. The highest BCUT2D eigenvalue weighted by Gasteiger charge is 2.22. The van der Waals surface area contributed by atoms with Gasteiger partial charge in [-0.25, -0.2) is 9.18 Å². The number of hydrogen-bond acceptors (Lipinski definition) is 6. The SMILES string of the molecule is O=C(O)COc1cccc(CN2CCC(CCC(=O)c3ccc4c(c3)CN(Cc3ccc(F)cc3)CCO4)CC2)c1. The second-order valence-corrected chi connectivity index (χ2v) is 11.0. The van der Waals surface area contributed by atoms with Gasteiger partial charge in [-0.05, 0) is 91.9 Å². The first-order valence-corrected chi connectivity index (χ1v) is 14.3. The molecule has 0 aromatic heterocycles. The number of likely N-dealkylation sites (tertiary alicyclic amines) is 1. The molecule has 0 unspecified atom stereocenters. The molecule has 3 aromatic carbocycles. The average molecular weight is 561 g/mol. The fourth-order valence-electron chi connectivity index (χ4n) is 5.65. The molecule has 7 nitrogen and oxygen atoms in total. The Morgan fingerprint density at radius 2 is 1.71 bits per heavy atom. The van der Waals surface area contributed by atoms with Gasteiger partial charge in [0.05, 0.1) is 0 Å². The summed E-state index contributed by atoms with van der Waals surface area (Å²) in [6, 6.07) is 20.0. The Balaban J connectivity index is 1.09. The third kappa shape index (κ3) is 8.38. The third-order valence-electron chi connectivity index (χ3n) is 7.91. The van der Waals surface area contributed by atoms with Crippen molar-refractivity contribution < 1.29 is 28.6 Å². The van der Waals surface area contributed by atoms with Gasteiger partial charge in [0, 0.05) is 43.7 Å². The van der Waals surface area contributed by atoms with Crippen molar-refractivity contribution in [2.45, 2.75) is 45.3 Å². The number of carbonyl (C=O) groups excluding carboxylic acids is 1. The number of benzene rings is 3. The number of ketones is 1. The Morgan fingerprint density at radius 1 is 0.927 bits per heavy atom. The number of carbonyl (C=O) groups is 2. The number of carboxylic acids is 1. The second-order valence-electron chi connectivity index (χ2n) is 11.0. The maximum Gasteiger partial charge on any atom is 0.341 e. The lowest BCUT2D eigenvalue weighted by atomic mass is 9.90. The maximum absolute atomic E-state index is 13.3. The minimum Gasteiger partial charge on any atom is -0.492 e. The number of fused-ring (bicyclic) bond motifs is 1. The van der Waals surface area contributed by atoms with Crippen LogP contribution in [0.4, 0.5) is 4.39 Å². The third-order valence-corrected chi connectivity index (χ3v) is 7.91. The highest BCUT2D eigenvalue weighted by Crippen LogP contribution is 2.28. The Hall–Kier alpha value is -3.75. The van der Waals surface area contributed by atoms with Crippen LogP contribution in [0.15, 0.2) is 66.7 Å². The monoisotopic (exact) mass is 560 g/mol. The zero-order valence-electron chi connectivity index (χ0n) is 23.3. The Kier molecular flexibility index (Phi) is 9.64. The molecule has 3 aromatic rings. The van der Waals surface area contributed by atoms with E-state index in [2.05, 4.69) is 9.80 Å². The molecule has 0 bridgehead atoms. The Bertz CT molecular complexity index is 1340. The van der Waals surface area contributed by atoms with Crippen LogP contribution in [-0.2, 0) is 24.4 Å². The largest absolute Gasteiger partial charge is 0.492 e. The van der Waals surface area contributed by atoms with Crippen molar-refractivity contribution in [2.24, 2.45) is 5.92 Å². The van der Waals surface area contributed by atoms with Crippen molar-refractivity contribution in [3.8, 4) is 11.5 Å². The maximum atomic E-state index is 13.3. The van der Waals surface area contributed by atoms with Crippen molar-refractivity contribution in [3.63, 3.8) is 0 Å². The van der Waals surface area contributed by atoms with Crippen molar-refractivity contribution >= 4 is 11.8 Å². The van der Waals surface area contributed by atoms with E-state index < -0.39 is 5.97 Å². The number of piperidine rings is 1. The number of Topliss-reactive ketones (excluding diaryl/α,β-unsaturated/α-hetero) is 1. The molecule has 0 aliphatic carbocycles. The van der Waals surface area contributed by atoms with E-state index in [1.165, 1.54) is 12.1 Å². The number of nitrogens with zero attached hydrogens (tertiary/aromatic N) is 2. The topological polar surface area (TPSA) is 79.3 Å². The minimum absolute atomic E-state index is 0.169. The van der Waals surface area contributed by atoms with E-state index in [1.807, 2.05) is 48.5 Å². The van der Waals surface area contributed by atoms with Crippen LogP contribution in [-0.4, -0.2) is 59.5 Å². The fourth-order valence-corrected chi connectivity index (χ4v) is 5.65. The summed E-state index contributed by atoms with van der Waals surface area (Å²) in [4.78, 5) is 28.6. The Morgan fingerprint density at radius 3 is 2.49 bits per heavy atom. The molecule has 0 amide bonds. The summed E-state index contributed by atoms with van der Waals surface area (Å²) >= 11 is 0. The van der Waals surface area contributed by atoms with Crippen LogP contribution in [0.25, 0.3) is 0 Å². The van der Waals surface area contributed by atoms with Gasteiger partial charge in [0.15, 0.2) is 12.4 Å². The molecular formula is C33H37FN2O5. The van der Waals surface area contributed by atoms with Gasteiger partial charge in [-0.15, -0.1) is 0 Å². The van der Waals surface area contributed by atoms with Gasteiger partial charge < -0.3 is 14.6 Å². The quantitative estimate of drug-likeness (QED) is 0.308. The van der Waals surface area contributed by atoms with E-state index in [9.17, 15) is 14.0 Å². The molecule has 1 fully saturated rings. The molecule has 0 spiro atoms. The molecule has 1 saturated heterocycles. The molecule has 0 atom stereocenters. The number of aliphatic carboxylic acids is 1. The molecule has 2 heterocycles. The molecule has 1 N–H and O–H groups in total. The number of halogens is 1. The smallest absolute Gasteiger partial charge is 0.341 e. The molecule has 0 saturated carbocycles. The zero-order valence-corrected chi connectivity index (χ0v) is 23.3.